The summed E-state index contributed by atoms with van der Waals surface area (Å²) in [5, 5.41) is 5.14. The van der Waals surface area contributed by atoms with Gasteiger partial charge in [-0.2, -0.15) is 0 Å². The molecule has 0 radical (unpaired) electrons. The number of rotatable bonds is 4. The summed E-state index contributed by atoms with van der Waals surface area (Å²) in [5.74, 6) is 0. The van der Waals surface area contributed by atoms with Crippen LogP contribution >= 0.6 is 7.14 Å². The van der Waals surface area contributed by atoms with Crippen LogP contribution in [0.2, 0.25) is 0 Å². The third kappa shape index (κ3) is 3.99. The average Bonchev–Trinajstić information content (AvgIpc) is 3.42. The lowest BCUT2D eigenvalue weighted by Gasteiger charge is -2.44. The van der Waals surface area contributed by atoms with Gasteiger partial charge in [0, 0.05) is 43.2 Å². The molecule has 0 atom stereocenters. The molecule has 3 heteroatoms. The molecule has 0 spiro atoms. The van der Waals surface area contributed by atoms with Crippen LogP contribution in [0.15, 0.2) is 146 Å². The normalized spacial score (nSPS) is 15.1. The van der Waals surface area contributed by atoms with Crippen molar-refractivity contribution in [3.05, 3.63) is 168 Å². The van der Waals surface area contributed by atoms with Crippen molar-refractivity contribution in [1.29, 1.82) is 0 Å². The van der Waals surface area contributed by atoms with E-state index in [1.165, 1.54) is 49.7 Å². The molecule has 0 N–H and O–H groups in total. The van der Waals surface area contributed by atoms with E-state index < -0.39 is 7.14 Å². The first kappa shape index (κ1) is 27.9. The number of hydrogen-bond donors (Lipinski definition) is 0. The molecule has 1 aliphatic carbocycles. The first-order valence-electron chi connectivity index (χ1n) is 15.7. The van der Waals surface area contributed by atoms with E-state index in [1.807, 2.05) is 60.7 Å². The third-order valence-electron chi connectivity index (χ3n) is 10.1. The minimum Gasteiger partial charge on any atom is -0.309 e. The zero-order valence-corrected chi connectivity index (χ0v) is 27.1. The van der Waals surface area contributed by atoms with Gasteiger partial charge in [0.15, 0.2) is 7.14 Å². The Morgan fingerprint density at radius 3 is 1.42 bits per heavy atom. The quantitative estimate of drug-likeness (QED) is 0.184. The van der Waals surface area contributed by atoms with E-state index in [0.29, 0.717) is 0 Å². The lowest BCUT2D eigenvalue weighted by Crippen LogP contribution is -2.38. The molecular weight excluding hydrogens is 565 g/mol. The zero-order chi connectivity index (χ0) is 31.0. The van der Waals surface area contributed by atoms with Gasteiger partial charge in [0.1, 0.15) is 0 Å². The van der Waals surface area contributed by atoms with Crippen molar-refractivity contribution in [2.75, 3.05) is 0 Å². The van der Waals surface area contributed by atoms with Crippen molar-refractivity contribution in [2.24, 2.45) is 0 Å². The number of para-hydroxylation sites is 2. The molecule has 0 saturated heterocycles. The van der Waals surface area contributed by atoms with Gasteiger partial charge in [-0.1, -0.05) is 143 Å². The smallest absolute Gasteiger partial charge is 0.171 e. The molecule has 1 aliphatic rings. The Morgan fingerprint density at radius 1 is 0.444 bits per heavy atom. The average molecular weight is 602 g/mol. The van der Waals surface area contributed by atoms with Gasteiger partial charge in [0.05, 0.1) is 11.0 Å². The van der Waals surface area contributed by atoms with E-state index in [9.17, 15) is 0 Å². The topological polar surface area (TPSA) is 22.0 Å². The molecule has 2 nitrogen and oxygen atoms in total. The Hall–Kier alpha value is -4.65. The first-order chi connectivity index (χ1) is 21.7. The van der Waals surface area contributed by atoms with E-state index in [4.69, 9.17) is 0 Å². The Balaban J connectivity index is 1.33. The lowest BCUT2D eigenvalue weighted by atomic mass is 9.60. The van der Waals surface area contributed by atoms with Crippen molar-refractivity contribution in [1.82, 2.24) is 4.57 Å². The van der Waals surface area contributed by atoms with Crippen molar-refractivity contribution in [3.63, 3.8) is 0 Å². The summed E-state index contributed by atoms with van der Waals surface area (Å²) < 4.78 is 17.7. The fourth-order valence-electron chi connectivity index (χ4n) is 7.74. The zero-order valence-electron chi connectivity index (χ0n) is 26.2. The fraction of sp³-hybridized carbons (Fsp3) is 0.143. The summed E-state index contributed by atoms with van der Waals surface area (Å²) in [4.78, 5) is 0. The van der Waals surface area contributed by atoms with Crippen LogP contribution in [-0.2, 0) is 15.4 Å². The summed E-state index contributed by atoms with van der Waals surface area (Å²) in [5.41, 5.74) is 8.25. The van der Waals surface area contributed by atoms with Crippen LogP contribution in [0.5, 0.6) is 0 Å². The highest BCUT2D eigenvalue weighted by atomic mass is 31.2. The molecule has 1 aromatic heterocycles. The lowest BCUT2D eigenvalue weighted by molar-refractivity contribution is 0.520. The van der Waals surface area contributed by atoms with Crippen molar-refractivity contribution < 1.29 is 4.57 Å². The maximum Gasteiger partial charge on any atom is 0.171 e. The van der Waals surface area contributed by atoms with E-state index in [0.717, 1.165) is 15.9 Å². The van der Waals surface area contributed by atoms with Crippen LogP contribution in [0, 0.1) is 0 Å². The number of hydrogen-bond acceptors (Lipinski definition) is 1. The SMILES string of the molecule is CC1(C)c2ccc(P(=O)(c3ccccc3)c3ccccc3)cc2C(C)(C)c2ccc(-n3c4ccccc4c4ccccc43)cc21. The van der Waals surface area contributed by atoms with Gasteiger partial charge in [0.25, 0.3) is 0 Å². The molecule has 220 valence electrons. The monoisotopic (exact) mass is 601 g/mol. The van der Waals surface area contributed by atoms with Crippen LogP contribution in [-0.4, -0.2) is 4.57 Å². The van der Waals surface area contributed by atoms with E-state index in [2.05, 4.69) is 117 Å². The van der Waals surface area contributed by atoms with Gasteiger partial charge in [-0.15, -0.1) is 0 Å². The summed E-state index contributed by atoms with van der Waals surface area (Å²) in [7, 11) is -3.10. The highest BCUT2D eigenvalue weighted by molar-refractivity contribution is 7.85. The molecule has 8 rings (SSSR count). The standard InChI is InChI=1S/C42H36NOP/c1-41(2)36-26-24-32(45(44,30-15-7-5-8-16-30)31-17-9-6-10-18-31)28-38(36)42(3,4)35-25-23-29(27-37(35)41)43-39-21-13-11-19-33(39)34-20-12-14-22-40(34)43/h5-28H,1-4H3. The van der Waals surface area contributed by atoms with Crippen molar-refractivity contribution >= 4 is 44.9 Å². The molecule has 6 aromatic carbocycles. The van der Waals surface area contributed by atoms with Crippen LogP contribution in [0.4, 0.5) is 0 Å². The van der Waals surface area contributed by atoms with Gasteiger partial charge >= 0.3 is 0 Å². The minimum atomic E-state index is -3.10. The van der Waals surface area contributed by atoms with E-state index in [-0.39, 0.29) is 10.8 Å². The number of aromatic nitrogens is 1. The van der Waals surface area contributed by atoms with Gasteiger partial charge < -0.3 is 9.13 Å². The van der Waals surface area contributed by atoms with E-state index >= 15 is 4.57 Å². The second-order valence-corrected chi connectivity index (χ2v) is 16.1. The molecule has 0 saturated carbocycles. The van der Waals surface area contributed by atoms with Crippen molar-refractivity contribution in [3.8, 4) is 5.69 Å². The van der Waals surface area contributed by atoms with Gasteiger partial charge in [-0.3, -0.25) is 0 Å². The summed E-state index contributed by atoms with van der Waals surface area (Å²) in [6.07, 6.45) is 0. The van der Waals surface area contributed by atoms with Gasteiger partial charge in [0.2, 0.25) is 0 Å². The van der Waals surface area contributed by atoms with Crippen LogP contribution in [0.1, 0.15) is 49.9 Å². The second kappa shape index (κ2) is 9.93. The second-order valence-electron chi connectivity index (χ2n) is 13.4. The Kier molecular flexibility index (Phi) is 6.15. The Labute approximate surface area is 265 Å². The Bertz CT molecular complexity index is 2200. The largest absolute Gasteiger partial charge is 0.309 e. The molecule has 45 heavy (non-hydrogen) atoms. The molecule has 7 aromatic rings. The maximum atomic E-state index is 15.3. The molecule has 0 amide bonds. The summed E-state index contributed by atoms with van der Waals surface area (Å²) in [6.45, 7) is 9.31. The predicted octanol–water partition coefficient (Wildman–Crippen LogP) is 9.39. The highest BCUT2D eigenvalue weighted by Gasteiger charge is 2.43. The van der Waals surface area contributed by atoms with Crippen molar-refractivity contribution in [2.45, 2.75) is 38.5 Å². The van der Waals surface area contributed by atoms with Gasteiger partial charge in [-0.05, 0) is 52.6 Å². The van der Waals surface area contributed by atoms with Crippen LogP contribution in [0.25, 0.3) is 27.5 Å². The van der Waals surface area contributed by atoms with Crippen LogP contribution in [0.3, 0.4) is 0 Å². The molecule has 0 fully saturated rings. The molecule has 0 bridgehead atoms. The highest BCUT2D eigenvalue weighted by Crippen LogP contribution is 2.52. The molecule has 0 unspecified atom stereocenters. The minimum absolute atomic E-state index is 0.253. The fourth-order valence-corrected chi connectivity index (χ4v) is 10.4. The number of fused-ring (bicyclic) bond motifs is 5. The molecule has 0 aliphatic heterocycles. The number of benzene rings is 6. The Morgan fingerprint density at radius 2 is 0.889 bits per heavy atom. The predicted molar refractivity (Wildman–Crippen MR) is 191 cm³/mol. The first-order valence-corrected chi connectivity index (χ1v) is 17.4. The number of nitrogens with zero attached hydrogens (tertiary/aromatic N) is 1. The van der Waals surface area contributed by atoms with E-state index in [1.54, 1.807) is 0 Å². The summed E-state index contributed by atoms with van der Waals surface area (Å²) >= 11 is 0. The maximum absolute atomic E-state index is 15.3. The summed E-state index contributed by atoms with van der Waals surface area (Å²) in [6, 6.07) is 51.0. The third-order valence-corrected chi connectivity index (χ3v) is 13.2. The molecule has 1 heterocycles. The molecular formula is C42H36NOP. The van der Waals surface area contributed by atoms with Gasteiger partial charge in [-0.25, -0.2) is 0 Å². The van der Waals surface area contributed by atoms with Crippen LogP contribution < -0.4 is 15.9 Å².